The number of nitrogens with zero attached hydrogens (tertiary/aromatic N) is 2. The van der Waals surface area contributed by atoms with Gasteiger partial charge in [-0.05, 0) is 17.9 Å². The predicted octanol–water partition coefficient (Wildman–Crippen LogP) is 2.21. The van der Waals surface area contributed by atoms with Crippen LogP contribution in [0.25, 0.3) is 10.2 Å². The number of carboxylic acid groups (broad SMARTS) is 1. The van der Waals surface area contributed by atoms with Crippen molar-refractivity contribution in [2.45, 2.75) is 13.3 Å². The van der Waals surface area contributed by atoms with Gasteiger partial charge in [-0.15, -0.1) is 11.3 Å². The summed E-state index contributed by atoms with van der Waals surface area (Å²) in [6.45, 7) is 2.29. The fourth-order valence-corrected chi connectivity index (χ4v) is 2.26. The van der Waals surface area contributed by atoms with E-state index in [1.807, 2.05) is 11.4 Å². The molecule has 0 spiro atoms. The maximum absolute atomic E-state index is 10.7. The largest absolute Gasteiger partial charge is 0.481 e. The second-order valence-electron chi connectivity index (χ2n) is 3.81. The Balaban J connectivity index is 1.99. The minimum absolute atomic E-state index is 0.344. The highest BCUT2D eigenvalue weighted by molar-refractivity contribution is 7.17. The van der Waals surface area contributed by atoms with Crippen molar-refractivity contribution >= 4 is 33.3 Å². The molecule has 2 rings (SSSR count). The van der Waals surface area contributed by atoms with Gasteiger partial charge in [-0.25, -0.2) is 9.97 Å². The van der Waals surface area contributed by atoms with Crippen molar-refractivity contribution in [2.24, 2.45) is 5.92 Å². The van der Waals surface area contributed by atoms with Crippen molar-refractivity contribution in [1.29, 1.82) is 0 Å². The van der Waals surface area contributed by atoms with Crippen molar-refractivity contribution < 1.29 is 9.90 Å². The van der Waals surface area contributed by atoms with Crippen LogP contribution in [0.2, 0.25) is 0 Å². The molecule has 17 heavy (non-hydrogen) atoms. The van der Waals surface area contributed by atoms with E-state index in [1.54, 1.807) is 18.3 Å². The number of nitrogens with one attached hydrogen (secondary N) is 1. The van der Waals surface area contributed by atoms with E-state index in [0.717, 1.165) is 16.0 Å². The van der Waals surface area contributed by atoms with Crippen LogP contribution in [0, 0.1) is 5.92 Å². The average molecular weight is 251 g/mol. The first-order valence-electron chi connectivity index (χ1n) is 5.33. The van der Waals surface area contributed by atoms with Crippen molar-refractivity contribution in [3.05, 3.63) is 17.8 Å². The molecule has 0 saturated carbocycles. The molecular formula is C11H13N3O2S. The van der Waals surface area contributed by atoms with Crippen LogP contribution in [0.4, 0.5) is 5.82 Å². The number of anilines is 1. The first-order valence-corrected chi connectivity index (χ1v) is 6.21. The van der Waals surface area contributed by atoms with Gasteiger partial charge in [0.15, 0.2) is 0 Å². The summed E-state index contributed by atoms with van der Waals surface area (Å²) in [4.78, 5) is 19.0. The third-order valence-electron chi connectivity index (χ3n) is 2.53. The maximum Gasteiger partial charge on any atom is 0.306 e. The molecule has 0 aliphatic carbocycles. The fourth-order valence-electron chi connectivity index (χ4n) is 1.45. The Kier molecular flexibility index (Phi) is 3.53. The molecule has 0 radical (unpaired) electrons. The first kappa shape index (κ1) is 11.8. The monoisotopic (exact) mass is 251 g/mol. The Morgan fingerprint density at radius 1 is 1.59 bits per heavy atom. The third kappa shape index (κ3) is 2.71. The van der Waals surface area contributed by atoms with Gasteiger partial charge in [-0.1, -0.05) is 6.92 Å². The molecule has 1 atom stereocenters. The number of carbonyl (C=O) groups is 1. The van der Waals surface area contributed by atoms with Crippen LogP contribution in [0.5, 0.6) is 0 Å². The average Bonchev–Trinajstić information content (AvgIpc) is 2.77. The van der Waals surface area contributed by atoms with Gasteiger partial charge in [0.25, 0.3) is 0 Å². The molecule has 90 valence electrons. The smallest absolute Gasteiger partial charge is 0.306 e. The lowest BCUT2D eigenvalue weighted by atomic mass is 10.1. The summed E-state index contributed by atoms with van der Waals surface area (Å²) in [6, 6.07) is 1.94. The van der Waals surface area contributed by atoms with Crippen LogP contribution in [-0.2, 0) is 4.79 Å². The van der Waals surface area contributed by atoms with Crippen LogP contribution < -0.4 is 5.32 Å². The number of rotatable bonds is 5. The zero-order chi connectivity index (χ0) is 12.3. The van der Waals surface area contributed by atoms with Gasteiger partial charge < -0.3 is 10.4 Å². The van der Waals surface area contributed by atoms with Gasteiger partial charge in [-0.2, -0.15) is 0 Å². The van der Waals surface area contributed by atoms with Crippen molar-refractivity contribution in [1.82, 2.24) is 9.97 Å². The van der Waals surface area contributed by atoms with E-state index >= 15 is 0 Å². The molecule has 0 amide bonds. The van der Waals surface area contributed by atoms with E-state index in [1.165, 1.54) is 6.33 Å². The van der Waals surface area contributed by atoms with E-state index in [0.29, 0.717) is 13.0 Å². The Hall–Kier alpha value is -1.69. The second kappa shape index (κ2) is 5.09. The molecule has 2 heterocycles. The van der Waals surface area contributed by atoms with Gasteiger partial charge in [0, 0.05) is 6.54 Å². The summed E-state index contributed by atoms with van der Waals surface area (Å²) in [6.07, 6.45) is 2.09. The van der Waals surface area contributed by atoms with Crippen molar-refractivity contribution in [2.75, 3.05) is 11.9 Å². The molecule has 0 aliphatic rings. The highest BCUT2D eigenvalue weighted by Crippen LogP contribution is 2.24. The Bertz CT molecular complexity index is 526. The standard InChI is InChI=1S/C11H13N3O2S/c1-7(11(15)16)2-4-12-10-9-8(3-5-17-9)13-6-14-10/h3,5-7H,2,4H2,1H3,(H,15,16)(H,12,13,14). The molecular weight excluding hydrogens is 238 g/mol. The molecule has 2 aromatic rings. The number of fused-ring (bicyclic) bond motifs is 1. The number of thiophene rings is 1. The number of carboxylic acids is 1. The molecule has 2 aromatic heterocycles. The van der Waals surface area contributed by atoms with E-state index in [9.17, 15) is 4.79 Å². The minimum atomic E-state index is -0.768. The van der Waals surface area contributed by atoms with Gasteiger partial charge in [0.05, 0.1) is 16.1 Å². The minimum Gasteiger partial charge on any atom is -0.481 e. The molecule has 1 unspecified atom stereocenters. The molecule has 0 bridgehead atoms. The summed E-state index contributed by atoms with van der Waals surface area (Å²) in [7, 11) is 0. The van der Waals surface area contributed by atoms with Crippen molar-refractivity contribution in [3.63, 3.8) is 0 Å². The first-order chi connectivity index (χ1) is 8.18. The van der Waals surface area contributed by atoms with Crippen LogP contribution in [0.15, 0.2) is 17.8 Å². The van der Waals surface area contributed by atoms with Crippen LogP contribution >= 0.6 is 11.3 Å². The molecule has 5 nitrogen and oxygen atoms in total. The number of hydrogen-bond donors (Lipinski definition) is 2. The Labute approximate surface area is 103 Å². The summed E-state index contributed by atoms with van der Waals surface area (Å²) in [5, 5.41) is 13.9. The van der Waals surface area contributed by atoms with Gasteiger partial charge in [0.1, 0.15) is 12.1 Å². The maximum atomic E-state index is 10.7. The molecule has 0 aromatic carbocycles. The number of aliphatic carboxylic acids is 1. The Morgan fingerprint density at radius 2 is 2.41 bits per heavy atom. The second-order valence-corrected chi connectivity index (χ2v) is 4.73. The molecule has 6 heteroatoms. The lowest BCUT2D eigenvalue weighted by Gasteiger charge is -2.08. The van der Waals surface area contributed by atoms with Gasteiger partial charge in [-0.3, -0.25) is 4.79 Å². The van der Waals surface area contributed by atoms with Crippen molar-refractivity contribution in [3.8, 4) is 0 Å². The van der Waals surface area contributed by atoms with Crippen LogP contribution in [0.1, 0.15) is 13.3 Å². The number of aromatic nitrogens is 2. The quantitative estimate of drug-likeness (QED) is 0.852. The molecule has 2 N–H and O–H groups in total. The molecule has 0 fully saturated rings. The summed E-state index contributed by atoms with van der Waals surface area (Å²) < 4.78 is 1.01. The van der Waals surface area contributed by atoms with Gasteiger partial charge >= 0.3 is 5.97 Å². The lowest BCUT2D eigenvalue weighted by Crippen LogP contribution is -2.14. The fraction of sp³-hybridized carbons (Fsp3) is 0.364. The summed E-state index contributed by atoms with van der Waals surface area (Å²) in [5.41, 5.74) is 0.916. The van der Waals surface area contributed by atoms with Crippen LogP contribution in [-0.4, -0.2) is 27.6 Å². The molecule has 0 aliphatic heterocycles. The number of hydrogen-bond acceptors (Lipinski definition) is 5. The normalized spacial score (nSPS) is 12.5. The summed E-state index contributed by atoms with van der Waals surface area (Å²) >= 11 is 1.58. The topological polar surface area (TPSA) is 75.1 Å². The zero-order valence-electron chi connectivity index (χ0n) is 9.38. The summed E-state index contributed by atoms with van der Waals surface area (Å²) in [5.74, 6) is -0.332. The SMILES string of the molecule is CC(CCNc1ncnc2ccsc12)C(=O)O. The van der Waals surface area contributed by atoms with E-state index in [4.69, 9.17) is 5.11 Å². The lowest BCUT2D eigenvalue weighted by molar-refractivity contribution is -0.141. The predicted molar refractivity (Wildman–Crippen MR) is 67.3 cm³/mol. The van der Waals surface area contributed by atoms with E-state index in [-0.39, 0.29) is 5.92 Å². The highest BCUT2D eigenvalue weighted by Gasteiger charge is 2.10. The Morgan fingerprint density at radius 3 is 3.18 bits per heavy atom. The highest BCUT2D eigenvalue weighted by atomic mass is 32.1. The van der Waals surface area contributed by atoms with E-state index in [2.05, 4.69) is 15.3 Å². The van der Waals surface area contributed by atoms with Gasteiger partial charge in [0.2, 0.25) is 0 Å². The zero-order valence-corrected chi connectivity index (χ0v) is 10.2. The van der Waals surface area contributed by atoms with E-state index < -0.39 is 5.97 Å². The van der Waals surface area contributed by atoms with Crippen LogP contribution in [0.3, 0.4) is 0 Å². The molecule has 0 saturated heterocycles. The third-order valence-corrected chi connectivity index (χ3v) is 3.44.